The smallest absolute Gasteiger partial charge is 0.340 e. The van der Waals surface area contributed by atoms with Crippen molar-refractivity contribution in [1.82, 2.24) is 4.98 Å². The number of nitrogens with zero attached hydrogens (tertiary/aromatic N) is 1. The third kappa shape index (κ3) is 3.01. The van der Waals surface area contributed by atoms with Gasteiger partial charge in [-0.3, -0.25) is 0 Å². The molecule has 1 aromatic heterocycles. The van der Waals surface area contributed by atoms with Gasteiger partial charge in [0, 0.05) is 13.7 Å². The summed E-state index contributed by atoms with van der Waals surface area (Å²) in [6.45, 7) is 2.74. The van der Waals surface area contributed by atoms with Crippen LogP contribution in [0.15, 0.2) is 12.3 Å². The van der Waals surface area contributed by atoms with Gasteiger partial charge >= 0.3 is 5.97 Å². The van der Waals surface area contributed by atoms with Crippen LogP contribution in [0.4, 0.5) is 11.5 Å². The molecule has 0 aliphatic heterocycles. The van der Waals surface area contributed by atoms with Crippen LogP contribution < -0.4 is 11.1 Å². The molecule has 3 N–H and O–H groups in total. The average Bonchev–Trinajstić information content (AvgIpc) is 2.40. The zero-order valence-electron chi connectivity index (χ0n) is 11.9. The molecular formula is C14H21N3O3. The number of methoxy groups -OCH3 is 1. The number of rotatable bonds is 6. The maximum Gasteiger partial charge on any atom is 0.340 e. The van der Waals surface area contributed by atoms with Crippen LogP contribution in [-0.4, -0.2) is 36.8 Å². The molecule has 0 unspecified atom stereocenters. The fourth-order valence-electron chi connectivity index (χ4n) is 2.22. The van der Waals surface area contributed by atoms with Gasteiger partial charge in [0.25, 0.3) is 0 Å². The van der Waals surface area contributed by atoms with Crippen LogP contribution in [-0.2, 0) is 9.47 Å². The van der Waals surface area contributed by atoms with E-state index in [1.54, 1.807) is 20.1 Å². The molecule has 1 aromatic rings. The summed E-state index contributed by atoms with van der Waals surface area (Å²) in [5.74, 6) is 0.172. The van der Waals surface area contributed by atoms with Gasteiger partial charge in [0.2, 0.25) is 0 Å². The van der Waals surface area contributed by atoms with Gasteiger partial charge in [-0.25, -0.2) is 9.78 Å². The molecule has 1 fully saturated rings. The van der Waals surface area contributed by atoms with Gasteiger partial charge in [-0.15, -0.1) is 0 Å². The van der Waals surface area contributed by atoms with Crippen LogP contribution in [0.3, 0.4) is 0 Å². The van der Waals surface area contributed by atoms with E-state index >= 15 is 0 Å². The minimum absolute atomic E-state index is 0.104. The van der Waals surface area contributed by atoms with Crippen molar-refractivity contribution in [2.24, 2.45) is 0 Å². The topological polar surface area (TPSA) is 86.5 Å². The van der Waals surface area contributed by atoms with Crippen LogP contribution in [0.2, 0.25) is 0 Å². The van der Waals surface area contributed by atoms with Gasteiger partial charge in [0.1, 0.15) is 5.82 Å². The van der Waals surface area contributed by atoms with Crippen molar-refractivity contribution in [2.75, 3.05) is 31.3 Å². The Labute approximate surface area is 118 Å². The van der Waals surface area contributed by atoms with Crippen molar-refractivity contribution in [2.45, 2.75) is 31.8 Å². The highest BCUT2D eigenvalue weighted by Crippen LogP contribution is 2.35. The molecule has 0 amide bonds. The van der Waals surface area contributed by atoms with Gasteiger partial charge in [0.05, 0.1) is 29.7 Å². The van der Waals surface area contributed by atoms with Crippen LogP contribution in [0.25, 0.3) is 0 Å². The van der Waals surface area contributed by atoms with Crippen molar-refractivity contribution < 1.29 is 14.3 Å². The number of anilines is 2. The second-order valence-electron chi connectivity index (χ2n) is 4.97. The van der Waals surface area contributed by atoms with Gasteiger partial charge in [-0.05, 0) is 32.3 Å². The molecule has 0 aromatic carbocycles. The second-order valence-corrected chi connectivity index (χ2v) is 4.97. The molecule has 20 heavy (non-hydrogen) atoms. The van der Waals surface area contributed by atoms with Crippen molar-refractivity contribution in [3.63, 3.8) is 0 Å². The molecule has 1 aliphatic carbocycles. The fourth-order valence-corrected chi connectivity index (χ4v) is 2.22. The van der Waals surface area contributed by atoms with E-state index in [0.717, 1.165) is 12.8 Å². The minimum atomic E-state index is -0.430. The van der Waals surface area contributed by atoms with E-state index in [2.05, 4.69) is 10.3 Å². The summed E-state index contributed by atoms with van der Waals surface area (Å²) in [6, 6.07) is 1.62. The SMILES string of the molecule is CCOC(=O)c1cc(NCC2(OC)CCC2)ncc1N. The molecular weight excluding hydrogens is 258 g/mol. The number of hydrogen-bond acceptors (Lipinski definition) is 6. The zero-order chi connectivity index (χ0) is 14.6. The van der Waals surface area contributed by atoms with Gasteiger partial charge in [-0.1, -0.05) is 0 Å². The lowest BCUT2D eigenvalue weighted by molar-refractivity contribution is -0.0601. The molecule has 0 radical (unpaired) electrons. The molecule has 1 aliphatic rings. The van der Waals surface area contributed by atoms with Crippen molar-refractivity contribution in [1.29, 1.82) is 0 Å². The highest BCUT2D eigenvalue weighted by molar-refractivity contribution is 5.95. The molecule has 1 saturated carbocycles. The molecule has 6 heteroatoms. The Balaban J connectivity index is 2.05. The number of nitrogens with two attached hydrogens (primary N) is 1. The van der Waals surface area contributed by atoms with Gasteiger partial charge in [0.15, 0.2) is 0 Å². The lowest BCUT2D eigenvalue weighted by Gasteiger charge is -2.40. The largest absolute Gasteiger partial charge is 0.462 e. The third-order valence-corrected chi connectivity index (χ3v) is 3.72. The molecule has 1 heterocycles. The van der Waals surface area contributed by atoms with Crippen LogP contribution in [0, 0.1) is 0 Å². The predicted molar refractivity (Wildman–Crippen MR) is 76.7 cm³/mol. The number of nitrogen functional groups attached to an aromatic ring is 1. The maximum atomic E-state index is 11.8. The standard InChI is InChI=1S/C14H21N3O3/c1-3-20-13(18)10-7-12(16-8-11(10)15)17-9-14(19-2)5-4-6-14/h7-8H,3-6,9,15H2,1-2H3,(H,16,17). The summed E-state index contributed by atoms with van der Waals surface area (Å²) >= 11 is 0. The molecule has 110 valence electrons. The van der Waals surface area contributed by atoms with E-state index in [1.165, 1.54) is 12.6 Å². The molecule has 2 rings (SSSR count). The van der Waals surface area contributed by atoms with E-state index in [1.807, 2.05) is 0 Å². The summed E-state index contributed by atoms with van der Waals surface area (Å²) in [4.78, 5) is 15.9. The van der Waals surface area contributed by atoms with E-state index in [9.17, 15) is 4.79 Å². The first-order valence-corrected chi connectivity index (χ1v) is 6.82. The Morgan fingerprint density at radius 2 is 2.30 bits per heavy atom. The third-order valence-electron chi connectivity index (χ3n) is 3.72. The Hall–Kier alpha value is -1.82. The summed E-state index contributed by atoms with van der Waals surface area (Å²) < 4.78 is 10.5. The first kappa shape index (κ1) is 14.6. The molecule has 0 saturated heterocycles. The Kier molecular flexibility index (Phi) is 4.44. The maximum absolute atomic E-state index is 11.8. The zero-order valence-corrected chi connectivity index (χ0v) is 11.9. The monoisotopic (exact) mass is 279 g/mol. The van der Waals surface area contributed by atoms with E-state index < -0.39 is 5.97 Å². The molecule has 0 bridgehead atoms. The quantitative estimate of drug-likeness (QED) is 0.772. The number of aromatic nitrogens is 1. The van der Waals surface area contributed by atoms with Crippen molar-refractivity contribution >= 4 is 17.5 Å². The normalized spacial score (nSPS) is 16.3. The molecule has 0 atom stereocenters. The average molecular weight is 279 g/mol. The summed E-state index contributed by atoms with van der Waals surface area (Å²) in [7, 11) is 1.72. The number of pyridine rings is 1. The number of hydrogen-bond donors (Lipinski definition) is 2. The second kappa shape index (κ2) is 6.09. The highest BCUT2D eigenvalue weighted by atomic mass is 16.5. The number of esters is 1. The van der Waals surface area contributed by atoms with Crippen LogP contribution in [0.1, 0.15) is 36.5 Å². The van der Waals surface area contributed by atoms with Gasteiger partial charge < -0.3 is 20.5 Å². The summed E-state index contributed by atoms with van der Waals surface area (Å²) in [5.41, 5.74) is 6.30. The highest BCUT2D eigenvalue weighted by Gasteiger charge is 2.36. The number of nitrogens with one attached hydrogen (secondary N) is 1. The van der Waals surface area contributed by atoms with Crippen molar-refractivity contribution in [3.05, 3.63) is 17.8 Å². The Morgan fingerprint density at radius 3 is 2.85 bits per heavy atom. The number of carbonyl (C=O) groups is 1. The fraction of sp³-hybridized carbons (Fsp3) is 0.571. The summed E-state index contributed by atoms with van der Waals surface area (Å²) in [5, 5.41) is 3.20. The molecule has 0 spiro atoms. The first-order chi connectivity index (χ1) is 9.60. The van der Waals surface area contributed by atoms with E-state index in [0.29, 0.717) is 30.2 Å². The lowest BCUT2D eigenvalue weighted by atomic mass is 9.80. The number of carbonyl (C=O) groups excluding carboxylic acids is 1. The Morgan fingerprint density at radius 1 is 1.55 bits per heavy atom. The first-order valence-electron chi connectivity index (χ1n) is 6.82. The van der Waals surface area contributed by atoms with Gasteiger partial charge in [-0.2, -0.15) is 0 Å². The molecule has 6 nitrogen and oxygen atoms in total. The van der Waals surface area contributed by atoms with Crippen molar-refractivity contribution in [3.8, 4) is 0 Å². The van der Waals surface area contributed by atoms with Crippen LogP contribution in [0.5, 0.6) is 0 Å². The van der Waals surface area contributed by atoms with E-state index in [4.69, 9.17) is 15.2 Å². The lowest BCUT2D eigenvalue weighted by Crippen LogP contribution is -2.45. The van der Waals surface area contributed by atoms with E-state index in [-0.39, 0.29) is 5.60 Å². The summed E-state index contributed by atoms with van der Waals surface area (Å²) in [6.07, 6.45) is 4.72. The van der Waals surface area contributed by atoms with Crippen LogP contribution >= 0.6 is 0 Å². The Bertz CT molecular complexity index is 481. The predicted octanol–water partition coefficient (Wildman–Crippen LogP) is 1.82. The minimum Gasteiger partial charge on any atom is -0.462 e. The number of ether oxygens (including phenoxy) is 2.